The fourth-order valence-corrected chi connectivity index (χ4v) is 4.21. The van der Waals surface area contributed by atoms with E-state index in [0.717, 1.165) is 6.42 Å². The molecule has 6 nitrogen and oxygen atoms in total. The highest BCUT2D eigenvalue weighted by atomic mass is 32.2. The van der Waals surface area contributed by atoms with Crippen molar-refractivity contribution in [2.24, 2.45) is 0 Å². The number of nitrogens with zero attached hydrogens (tertiary/aromatic N) is 2. The summed E-state index contributed by atoms with van der Waals surface area (Å²) in [6.07, 6.45) is 2.67. The number of sulfonamides is 1. The average Bonchev–Trinajstić information content (AvgIpc) is 2.61. The Morgan fingerprint density at radius 1 is 1.04 bits per heavy atom. The predicted octanol–water partition coefficient (Wildman–Crippen LogP) is 2.08. The van der Waals surface area contributed by atoms with Gasteiger partial charge in [-0.15, -0.1) is 0 Å². The summed E-state index contributed by atoms with van der Waals surface area (Å²) < 4.78 is 26.8. The molecule has 0 bridgehead atoms. The van der Waals surface area contributed by atoms with Gasteiger partial charge in [0.1, 0.15) is 0 Å². The van der Waals surface area contributed by atoms with Crippen LogP contribution in [0.4, 0.5) is 0 Å². The van der Waals surface area contributed by atoms with Crippen molar-refractivity contribution < 1.29 is 18.0 Å². The molecule has 0 aromatic heterocycles. The van der Waals surface area contributed by atoms with Gasteiger partial charge >= 0.3 is 0 Å². The molecule has 1 amide bonds. The molecule has 0 N–H and O–H groups in total. The van der Waals surface area contributed by atoms with Crippen molar-refractivity contribution >= 4 is 21.7 Å². The molecular weight excluding hydrogens is 340 g/mol. The minimum Gasteiger partial charge on any atom is -0.336 e. The molecule has 136 valence electrons. The highest BCUT2D eigenvalue weighted by molar-refractivity contribution is 7.89. The van der Waals surface area contributed by atoms with Gasteiger partial charge in [0.2, 0.25) is 15.9 Å². The summed E-state index contributed by atoms with van der Waals surface area (Å²) >= 11 is 0. The summed E-state index contributed by atoms with van der Waals surface area (Å²) in [5.74, 6) is -0.142. The van der Waals surface area contributed by atoms with E-state index < -0.39 is 10.0 Å². The number of hydrogen-bond acceptors (Lipinski definition) is 4. The van der Waals surface area contributed by atoms with E-state index in [1.165, 1.54) is 35.5 Å². The minimum atomic E-state index is -3.61. The van der Waals surface area contributed by atoms with Crippen LogP contribution in [0.3, 0.4) is 0 Å². The summed E-state index contributed by atoms with van der Waals surface area (Å²) in [7, 11) is -3.61. The second-order valence-electron chi connectivity index (χ2n) is 6.07. The summed E-state index contributed by atoms with van der Waals surface area (Å²) in [5, 5.41) is 0. The first-order chi connectivity index (χ1) is 11.8. The predicted molar refractivity (Wildman–Crippen MR) is 95.8 cm³/mol. The van der Waals surface area contributed by atoms with E-state index in [1.54, 1.807) is 11.8 Å². The first-order valence-corrected chi connectivity index (χ1v) is 9.78. The summed E-state index contributed by atoms with van der Waals surface area (Å²) in [6.45, 7) is 6.47. The first-order valence-electron chi connectivity index (χ1n) is 8.34. The lowest BCUT2D eigenvalue weighted by Crippen LogP contribution is -2.50. The number of rotatable bonds is 5. The lowest BCUT2D eigenvalue weighted by Gasteiger charge is -2.34. The van der Waals surface area contributed by atoms with Gasteiger partial charge in [-0.05, 0) is 32.4 Å². The molecule has 1 aliphatic heterocycles. The van der Waals surface area contributed by atoms with Crippen molar-refractivity contribution in [2.75, 3.05) is 26.2 Å². The van der Waals surface area contributed by atoms with Crippen LogP contribution in [0.25, 0.3) is 0 Å². The Balaban J connectivity index is 2.07. The first kappa shape index (κ1) is 19.3. The number of hydrogen-bond donors (Lipinski definition) is 0. The van der Waals surface area contributed by atoms with E-state index in [-0.39, 0.29) is 29.7 Å². The molecule has 1 aliphatic rings. The zero-order chi connectivity index (χ0) is 18.6. The van der Waals surface area contributed by atoms with Crippen LogP contribution in [-0.4, -0.2) is 55.5 Å². The number of carbonyl (C=O) groups is 2. The quantitative estimate of drug-likeness (QED) is 0.592. The zero-order valence-electron chi connectivity index (χ0n) is 14.9. The Morgan fingerprint density at radius 2 is 1.60 bits per heavy atom. The third kappa shape index (κ3) is 4.35. The van der Waals surface area contributed by atoms with Crippen LogP contribution in [-0.2, 0) is 14.8 Å². The van der Waals surface area contributed by atoms with Crippen molar-refractivity contribution in [1.82, 2.24) is 9.21 Å². The number of allylic oxidation sites excluding steroid dienone is 1. The summed E-state index contributed by atoms with van der Waals surface area (Å²) in [4.78, 5) is 25.4. The number of piperazine rings is 1. The van der Waals surface area contributed by atoms with Crippen molar-refractivity contribution in [1.29, 1.82) is 0 Å². The molecule has 1 aromatic carbocycles. The topological polar surface area (TPSA) is 74.8 Å². The van der Waals surface area contributed by atoms with Crippen LogP contribution in [0.1, 0.15) is 37.6 Å². The van der Waals surface area contributed by atoms with Gasteiger partial charge in [-0.2, -0.15) is 4.31 Å². The molecule has 1 heterocycles. The smallest absolute Gasteiger partial charge is 0.249 e. The van der Waals surface area contributed by atoms with Crippen LogP contribution in [0, 0.1) is 0 Å². The van der Waals surface area contributed by atoms with E-state index in [1.807, 2.05) is 13.0 Å². The van der Waals surface area contributed by atoms with Crippen LogP contribution < -0.4 is 0 Å². The molecule has 0 unspecified atom stereocenters. The zero-order valence-corrected chi connectivity index (χ0v) is 15.7. The van der Waals surface area contributed by atoms with Gasteiger partial charge < -0.3 is 4.90 Å². The van der Waals surface area contributed by atoms with Crippen molar-refractivity contribution in [3.63, 3.8) is 0 Å². The molecule has 1 fully saturated rings. The maximum atomic E-state index is 12.7. The Kier molecular flexibility index (Phi) is 6.13. The standard InChI is InChI=1S/C18H24N2O4S/c1-4-5-14(2)18(22)19-10-12-20(13-11-19)25(23,24)17-8-6-16(7-9-17)15(3)21/h5-9H,4,10-13H2,1-3H3. The molecule has 0 aliphatic carbocycles. The maximum Gasteiger partial charge on any atom is 0.249 e. The van der Waals surface area contributed by atoms with Gasteiger partial charge in [-0.3, -0.25) is 9.59 Å². The number of ketones is 1. The Bertz CT molecular complexity index is 774. The average molecular weight is 364 g/mol. The molecule has 2 rings (SSSR count). The monoisotopic (exact) mass is 364 g/mol. The Hall–Kier alpha value is -1.99. The van der Waals surface area contributed by atoms with E-state index in [4.69, 9.17) is 0 Å². The van der Waals surface area contributed by atoms with Crippen LogP contribution in [0.5, 0.6) is 0 Å². The van der Waals surface area contributed by atoms with E-state index in [9.17, 15) is 18.0 Å². The van der Waals surface area contributed by atoms with Crippen molar-refractivity contribution in [3.8, 4) is 0 Å². The molecule has 0 radical (unpaired) electrons. The fraction of sp³-hybridized carbons (Fsp3) is 0.444. The Labute approximate surface area is 149 Å². The molecule has 0 atom stereocenters. The fourth-order valence-electron chi connectivity index (χ4n) is 2.79. The van der Waals surface area contributed by atoms with Crippen molar-refractivity contribution in [3.05, 3.63) is 41.5 Å². The minimum absolute atomic E-state index is 0.0373. The number of benzene rings is 1. The second-order valence-corrected chi connectivity index (χ2v) is 8.01. The van der Waals surface area contributed by atoms with Gasteiger partial charge in [-0.1, -0.05) is 25.1 Å². The molecule has 25 heavy (non-hydrogen) atoms. The van der Waals surface area contributed by atoms with E-state index in [2.05, 4.69) is 0 Å². The largest absolute Gasteiger partial charge is 0.336 e. The van der Waals surface area contributed by atoms with Crippen LogP contribution >= 0.6 is 0 Å². The maximum absolute atomic E-state index is 12.7. The Morgan fingerprint density at radius 3 is 2.08 bits per heavy atom. The summed E-state index contributed by atoms with van der Waals surface area (Å²) in [5.41, 5.74) is 1.17. The third-order valence-corrected chi connectivity index (χ3v) is 6.18. The van der Waals surface area contributed by atoms with Gasteiger partial charge in [-0.25, -0.2) is 8.42 Å². The number of amides is 1. The van der Waals surface area contributed by atoms with Gasteiger partial charge in [0, 0.05) is 37.3 Å². The molecule has 0 spiro atoms. The second kappa shape index (κ2) is 7.93. The number of carbonyl (C=O) groups excluding carboxylic acids is 2. The lowest BCUT2D eigenvalue weighted by molar-refractivity contribution is -0.128. The molecule has 1 saturated heterocycles. The van der Waals surface area contributed by atoms with Gasteiger partial charge in [0.15, 0.2) is 5.78 Å². The highest BCUT2D eigenvalue weighted by Crippen LogP contribution is 2.19. The highest BCUT2D eigenvalue weighted by Gasteiger charge is 2.30. The van der Waals surface area contributed by atoms with Crippen molar-refractivity contribution in [2.45, 2.75) is 32.1 Å². The third-order valence-electron chi connectivity index (χ3n) is 4.27. The normalized spacial score (nSPS) is 16.8. The lowest BCUT2D eigenvalue weighted by atomic mass is 10.2. The summed E-state index contributed by atoms with van der Waals surface area (Å²) in [6, 6.07) is 5.96. The molecule has 7 heteroatoms. The van der Waals surface area contributed by atoms with E-state index in [0.29, 0.717) is 24.2 Å². The van der Waals surface area contributed by atoms with Crippen LogP contribution in [0.15, 0.2) is 40.8 Å². The van der Waals surface area contributed by atoms with Crippen LogP contribution in [0.2, 0.25) is 0 Å². The number of Topliss-reactive ketones (excluding diaryl/α,β-unsaturated/α-hetero) is 1. The van der Waals surface area contributed by atoms with Gasteiger partial charge in [0.25, 0.3) is 0 Å². The molecule has 0 saturated carbocycles. The van der Waals surface area contributed by atoms with Gasteiger partial charge in [0.05, 0.1) is 4.90 Å². The molecule has 1 aromatic rings. The SMILES string of the molecule is CCC=C(C)C(=O)N1CCN(S(=O)(=O)c2ccc(C(C)=O)cc2)CC1. The van der Waals surface area contributed by atoms with E-state index >= 15 is 0 Å². The molecular formula is C18H24N2O4S.